The molecule has 36 heavy (non-hydrogen) atoms. The van der Waals surface area contributed by atoms with E-state index in [0.29, 0.717) is 14.8 Å². The molecule has 3 fully saturated rings. The number of benzene rings is 1. The van der Waals surface area contributed by atoms with Crippen molar-refractivity contribution < 1.29 is 37.5 Å². The van der Waals surface area contributed by atoms with Gasteiger partial charge in [0.15, 0.2) is 0 Å². The summed E-state index contributed by atoms with van der Waals surface area (Å²) in [6.45, 7) is 3.02. The van der Waals surface area contributed by atoms with Crippen molar-refractivity contribution >= 4 is 51.6 Å². The van der Waals surface area contributed by atoms with Crippen molar-refractivity contribution in [1.29, 1.82) is 0 Å². The Balaban J connectivity index is 1.51. The van der Waals surface area contributed by atoms with Gasteiger partial charge >= 0.3 is 18.0 Å². The monoisotopic (exact) mass is 539 g/mol. The molecule has 3 aliphatic heterocycles. The third-order valence-corrected chi connectivity index (χ3v) is 8.96. The minimum Gasteiger partial charge on any atom is -0.480 e. The van der Waals surface area contributed by atoms with Gasteiger partial charge in [-0.15, -0.1) is 11.8 Å². The molecule has 3 aliphatic rings. The summed E-state index contributed by atoms with van der Waals surface area (Å²) in [6.07, 6.45) is 0.850. The molecular weight excluding hydrogens is 514 g/mol. The predicted octanol–water partition coefficient (Wildman–Crippen LogP) is -0.234. The van der Waals surface area contributed by atoms with Crippen LogP contribution in [0.4, 0.5) is 9.59 Å². The number of imide groups is 1. The van der Waals surface area contributed by atoms with E-state index in [4.69, 9.17) is 0 Å². The number of aliphatic carboxylic acids is 1. The molecule has 3 saturated heterocycles. The number of carboxylic acid groups (broad SMARTS) is 1. The van der Waals surface area contributed by atoms with Crippen LogP contribution in [0, 0.1) is 0 Å². The number of carbonyl (C=O) groups is 5. The lowest BCUT2D eigenvalue weighted by molar-refractivity contribution is -0.161. The van der Waals surface area contributed by atoms with Gasteiger partial charge in [-0.2, -0.15) is 0 Å². The normalized spacial score (nSPS) is 25.8. The minimum absolute atomic E-state index is 0.193. The molecular formula is C21H25N5O8S2. The average Bonchev–Trinajstić information content (AvgIpc) is 3.31. The Morgan fingerprint density at radius 1 is 1.14 bits per heavy atom. The van der Waals surface area contributed by atoms with Crippen LogP contribution >= 0.6 is 11.8 Å². The molecule has 3 N–H and O–H groups in total. The second kappa shape index (κ2) is 8.96. The molecule has 0 bridgehead atoms. The number of sulfonamides is 1. The Kier molecular flexibility index (Phi) is 6.41. The van der Waals surface area contributed by atoms with E-state index in [2.05, 4.69) is 10.6 Å². The number of amides is 6. The van der Waals surface area contributed by atoms with Crippen LogP contribution in [0.1, 0.15) is 25.5 Å². The zero-order chi connectivity index (χ0) is 26.6. The highest BCUT2D eigenvalue weighted by Gasteiger charge is 2.64. The number of hydrogen-bond donors (Lipinski definition) is 3. The topological polar surface area (TPSA) is 173 Å². The fourth-order valence-electron chi connectivity index (χ4n) is 4.54. The number of nitrogens with one attached hydrogen (secondary N) is 2. The first-order chi connectivity index (χ1) is 16.7. The molecule has 0 radical (unpaired) electrons. The van der Waals surface area contributed by atoms with E-state index in [9.17, 15) is 37.5 Å². The fraction of sp³-hybridized carbons (Fsp3) is 0.476. The third kappa shape index (κ3) is 4.36. The molecule has 6 amide bonds. The van der Waals surface area contributed by atoms with Gasteiger partial charge in [0.2, 0.25) is 21.8 Å². The van der Waals surface area contributed by atoms with Gasteiger partial charge < -0.3 is 20.6 Å². The van der Waals surface area contributed by atoms with Crippen LogP contribution in [-0.2, 0) is 24.4 Å². The van der Waals surface area contributed by atoms with Crippen molar-refractivity contribution in [1.82, 2.24) is 24.7 Å². The zero-order valence-corrected chi connectivity index (χ0v) is 21.2. The van der Waals surface area contributed by atoms with Crippen molar-refractivity contribution in [2.75, 3.05) is 19.3 Å². The maximum Gasteiger partial charge on any atom is 0.341 e. The summed E-state index contributed by atoms with van der Waals surface area (Å²) in [5, 5.41) is 14.0. The van der Waals surface area contributed by atoms with Crippen LogP contribution in [0.3, 0.4) is 0 Å². The van der Waals surface area contributed by atoms with Crippen molar-refractivity contribution in [3.05, 3.63) is 35.9 Å². The first kappa shape index (κ1) is 25.8. The molecule has 15 heteroatoms. The predicted molar refractivity (Wildman–Crippen MR) is 127 cm³/mol. The molecule has 4 rings (SSSR count). The van der Waals surface area contributed by atoms with Crippen LogP contribution in [0.15, 0.2) is 30.3 Å². The van der Waals surface area contributed by atoms with E-state index in [0.717, 1.165) is 6.26 Å². The molecule has 0 saturated carbocycles. The molecule has 0 unspecified atom stereocenters. The highest BCUT2D eigenvalue weighted by atomic mass is 32.2. The standard InChI is InChI=1S/C21H25N5O8S2/c1-21(2)14(18(29)30)26-16(28)13(17(26)35-21)22-15(27)12(11-7-5-4-6-8-11)23-19(31)24-9-10-25(20(24)32)36(3,33)34/h4-8,12-14,17H,9-10H2,1-3H3,(H,22,27)(H,23,31)(H,29,30)/t12-,13-,14-,17-/m1/s1. The Labute approximate surface area is 211 Å². The summed E-state index contributed by atoms with van der Waals surface area (Å²) >= 11 is 1.26. The van der Waals surface area contributed by atoms with E-state index < -0.39 is 68.1 Å². The van der Waals surface area contributed by atoms with Crippen LogP contribution < -0.4 is 10.6 Å². The van der Waals surface area contributed by atoms with Gasteiger partial charge in [-0.25, -0.2) is 32.0 Å². The number of rotatable bonds is 6. The molecule has 13 nitrogen and oxygen atoms in total. The summed E-state index contributed by atoms with van der Waals surface area (Å²) < 4.78 is 23.3. The Morgan fingerprint density at radius 2 is 1.78 bits per heavy atom. The molecule has 0 aliphatic carbocycles. The maximum atomic E-state index is 13.3. The average molecular weight is 540 g/mol. The SMILES string of the molecule is CC1(C)S[C@@H]2[C@H](NC(=O)[C@H](NC(=O)N3CCN(S(C)(=O)=O)C3=O)c3ccccc3)C(=O)N2[C@@H]1C(=O)O. The summed E-state index contributed by atoms with van der Waals surface area (Å²) in [5.74, 6) is -2.42. The number of nitrogens with zero attached hydrogens (tertiary/aromatic N) is 3. The molecule has 0 aromatic heterocycles. The molecule has 194 valence electrons. The lowest BCUT2D eigenvalue weighted by Gasteiger charge is -2.44. The second-order valence-electron chi connectivity index (χ2n) is 9.15. The van der Waals surface area contributed by atoms with Crippen molar-refractivity contribution in [2.45, 2.75) is 42.1 Å². The van der Waals surface area contributed by atoms with Crippen LogP contribution in [-0.4, -0.2) is 99.0 Å². The lowest BCUT2D eigenvalue weighted by Crippen LogP contribution is -2.71. The largest absolute Gasteiger partial charge is 0.480 e. The van der Waals surface area contributed by atoms with Crippen molar-refractivity contribution in [3.8, 4) is 0 Å². The van der Waals surface area contributed by atoms with Gasteiger partial charge in [0.05, 0.1) is 19.3 Å². The fourth-order valence-corrected chi connectivity index (χ4v) is 6.96. The lowest BCUT2D eigenvalue weighted by atomic mass is 9.95. The van der Waals surface area contributed by atoms with Gasteiger partial charge in [0, 0.05) is 4.75 Å². The van der Waals surface area contributed by atoms with Crippen LogP contribution in [0.2, 0.25) is 0 Å². The first-order valence-electron chi connectivity index (χ1n) is 10.9. The van der Waals surface area contributed by atoms with Gasteiger partial charge in [-0.05, 0) is 19.4 Å². The molecule has 4 atom stereocenters. The van der Waals surface area contributed by atoms with E-state index in [1.165, 1.54) is 16.7 Å². The molecule has 0 spiro atoms. The van der Waals surface area contributed by atoms with E-state index in [1.807, 2.05) is 0 Å². The highest BCUT2D eigenvalue weighted by molar-refractivity contribution is 8.01. The number of carbonyl (C=O) groups excluding carboxylic acids is 4. The van der Waals surface area contributed by atoms with Crippen molar-refractivity contribution in [2.24, 2.45) is 0 Å². The molecule has 1 aromatic carbocycles. The Hall–Kier alpha value is -3.33. The van der Waals surface area contributed by atoms with E-state index in [1.54, 1.807) is 44.2 Å². The minimum atomic E-state index is -3.87. The summed E-state index contributed by atoms with van der Waals surface area (Å²) in [6, 6.07) is 2.76. The van der Waals surface area contributed by atoms with Gasteiger partial charge in [-0.1, -0.05) is 30.3 Å². The number of thioether (sulfide) groups is 1. The van der Waals surface area contributed by atoms with Crippen molar-refractivity contribution in [3.63, 3.8) is 0 Å². The van der Waals surface area contributed by atoms with Gasteiger partial charge in [0.25, 0.3) is 0 Å². The summed E-state index contributed by atoms with van der Waals surface area (Å²) in [5.41, 5.74) is 0.362. The second-order valence-corrected chi connectivity index (χ2v) is 12.8. The highest BCUT2D eigenvalue weighted by Crippen LogP contribution is 2.50. The van der Waals surface area contributed by atoms with Crippen LogP contribution in [0.5, 0.6) is 0 Å². The Morgan fingerprint density at radius 3 is 2.33 bits per heavy atom. The number of β-lactam (4-membered cyclic amide) rings is 1. The van der Waals surface area contributed by atoms with Crippen LogP contribution in [0.25, 0.3) is 0 Å². The number of urea groups is 2. The number of carboxylic acids is 1. The van der Waals surface area contributed by atoms with Gasteiger partial charge in [-0.3, -0.25) is 9.59 Å². The zero-order valence-electron chi connectivity index (χ0n) is 19.6. The molecule has 3 heterocycles. The first-order valence-corrected chi connectivity index (χ1v) is 13.6. The third-order valence-electron chi connectivity index (χ3n) is 6.25. The van der Waals surface area contributed by atoms with Gasteiger partial charge in [0.1, 0.15) is 23.5 Å². The van der Waals surface area contributed by atoms with E-state index >= 15 is 0 Å². The smallest absolute Gasteiger partial charge is 0.341 e. The summed E-state index contributed by atoms with van der Waals surface area (Å²) in [7, 11) is -3.87. The number of hydrogen-bond acceptors (Lipinski definition) is 8. The maximum absolute atomic E-state index is 13.3. The van der Waals surface area contributed by atoms with E-state index in [-0.39, 0.29) is 13.1 Å². The number of fused-ring (bicyclic) bond motifs is 1. The quantitative estimate of drug-likeness (QED) is 0.413. The Bertz CT molecular complexity index is 1240. The molecule has 1 aromatic rings. The summed E-state index contributed by atoms with van der Waals surface area (Å²) in [4.78, 5) is 65.0.